The summed E-state index contributed by atoms with van der Waals surface area (Å²) in [4.78, 5) is 13.0. The van der Waals surface area contributed by atoms with E-state index in [4.69, 9.17) is 16.2 Å². The van der Waals surface area contributed by atoms with Crippen molar-refractivity contribution < 1.29 is 9.53 Å². The van der Waals surface area contributed by atoms with E-state index in [1.165, 1.54) is 0 Å². The number of fused-ring (bicyclic) bond motifs is 1. The molecule has 4 N–H and O–H groups in total. The summed E-state index contributed by atoms with van der Waals surface area (Å²) in [7, 11) is 0. The summed E-state index contributed by atoms with van der Waals surface area (Å²) in [6.45, 7) is 2.93. The lowest BCUT2D eigenvalue weighted by Crippen LogP contribution is -2.43. The number of carbonyl (C=O) groups is 1. The van der Waals surface area contributed by atoms with Gasteiger partial charge in [-0.25, -0.2) is 0 Å². The van der Waals surface area contributed by atoms with Crippen molar-refractivity contribution in [2.75, 3.05) is 23.7 Å². The number of anilines is 2. The fraction of sp³-hybridized carbons (Fsp3) is 0.417. The van der Waals surface area contributed by atoms with Gasteiger partial charge in [0.25, 0.3) is 0 Å². The van der Waals surface area contributed by atoms with Gasteiger partial charge >= 0.3 is 0 Å². The zero-order chi connectivity index (χ0) is 12.4. The third-order valence-corrected chi connectivity index (χ3v) is 2.84. The second-order valence-electron chi connectivity index (χ2n) is 4.22. The minimum Gasteiger partial charge on any atom is -0.486 e. The fourth-order valence-corrected chi connectivity index (χ4v) is 2.00. The van der Waals surface area contributed by atoms with Gasteiger partial charge in [-0.2, -0.15) is 0 Å². The first-order valence-electron chi connectivity index (χ1n) is 5.69. The molecule has 2 rings (SSSR count). The maximum Gasteiger partial charge on any atom is 0.236 e. The van der Waals surface area contributed by atoms with Gasteiger partial charge in [0, 0.05) is 11.8 Å². The van der Waals surface area contributed by atoms with Gasteiger partial charge in [0.2, 0.25) is 5.91 Å². The van der Waals surface area contributed by atoms with E-state index in [0.29, 0.717) is 12.2 Å². The van der Waals surface area contributed by atoms with E-state index < -0.39 is 0 Å². The van der Waals surface area contributed by atoms with Crippen molar-refractivity contribution in [2.24, 2.45) is 5.73 Å². The summed E-state index contributed by atoms with van der Waals surface area (Å²) < 4.78 is 5.80. The van der Waals surface area contributed by atoms with Crippen molar-refractivity contribution >= 4 is 17.3 Å². The van der Waals surface area contributed by atoms with Crippen LogP contribution in [0.1, 0.15) is 13.3 Å². The molecule has 1 amide bonds. The van der Waals surface area contributed by atoms with Gasteiger partial charge in [-0.3, -0.25) is 4.79 Å². The SMILES string of the molecule is CCC1CN(CC(N)=O)c2ccc(N)cc2O1. The smallest absolute Gasteiger partial charge is 0.236 e. The number of ether oxygens (including phenoxy) is 1. The Morgan fingerprint density at radius 3 is 3.00 bits per heavy atom. The number of nitrogens with zero attached hydrogens (tertiary/aromatic N) is 1. The van der Waals surface area contributed by atoms with Gasteiger partial charge in [0.05, 0.1) is 18.8 Å². The molecule has 0 bridgehead atoms. The number of hydrogen-bond acceptors (Lipinski definition) is 4. The predicted molar refractivity (Wildman–Crippen MR) is 67.0 cm³/mol. The van der Waals surface area contributed by atoms with E-state index in [-0.39, 0.29) is 18.6 Å². The lowest BCUT2D eigenvalue weighted by atomic mass is 10.1. The largest absolute Gasteiger partial charge is 0.486 e. The van der Waals surface area contributed by atoms with E-state index in [0.717, 1.165) is 17.9 Å². The molecule has 1 aromatic rings. The van der Waals surface area contributed by atoms with Crippen LogP contribution in [0.5, 0.6) is 5.75 Å². The van der Waals surface area contributed by atoms with Crippen LogP contribution in [0.25, 0.3) is 0 Å². The first kappa shape index (κ1) is 11.6. The Morgan fingerprint density at radius 2 is 2.35 bits per heavy atom. The second kappa shape index (κ2) is 4.53. The monoisotopic (exact) mass is 235 g/mol. The first-order valence-corrected chi connectivity index (χ1v) is 5.69. The van der Waals surface area contributed by atoms with E-state index in [1.54, 1.807) is 12.1 Å². The van der Waals surface area contributed by atoms with Crippen molar-refractivity contribution in [3.8, 4) is 5.75 Å². The van der Waals surface area contributed by atoms with Crippen molar-refractivity contribution in [3.63, 3.8) is 0 Å². The molecule has 0 saturated carbocycles. The molecule has 0 radical (unpaired) electrons. The fourth-order valence-electron chi connectivity index (χ4n) is 2.00. The molecule has 5 nitrogen and oxygen atoms in total. The van der Waals surface area contributed by atoms with Crippen molar-refractivity contribution in [2.45, 2.75) is 19.4 Å². The zero-order valence-corrected chi connectivity index (χ0v) is 9.85. The summed E-state index contributed by atoms with van der Waals surface area (Å²) in [5.74, 6) is 0.383. The molecule has 1 heterocycles. The van der Waals surface area contributed by atoms with Crippen LogP contribution in [-0.4, -0.2) is 25.1 Å². The van der Waals surface area contributed by atoms with Gasteiger partial charge in [0.15, 0.2) is 0 Å². The molecule has 1 unspecified atom stereocenters. The Labute approximate surface area is 100 Å². The second-order valence-corrected chi connectivity index (χ2v) is 4.22. The van der Waals surface area contributed by atoms with Crippen LogP contribution in [0, 0.1) is 0 Å². The van der Waals surface area contributed by atoms with Gasteiger partial charge in [0.1, 0.15) is 11.9 Å². The average Bonchev–Trinajstić information content (AvgIpc) is 2.27. The van der Waals surface area contributed by atoms with Crippen LogP contribution in [0.3, 0.4) is 0 Å². The lowest BCUT2D eigenvalue weighted by Gasteiger charge is -2.35. The van der Waals surface area contributed by atoms with Gasteiger partial charge < -0.3 is 21.1 Å². The molecule has 0 fully saturated rings. The number of rotatable bonds is 3. The summed E-state index contributed by atoms with van der Waals surface area (Å²) in [6, 6.07) is 5.44. The van der Waals surface area contributed by atoms with Crippen LogP contribution in [0.2, 0.25) is 0 Å². The predicted octanol–water partition coefficient (Wildman–Crippen LogP) is 0.731. The van der Waals surface area contributed by atoms with Gasteiger partial charge in [-0.05, 0) is 18.6 Å². The molecule has 0 saturated heterocycles. The van der Waals surface area contributed by atoms with Crippen molar-refractivity contribution in [1.29, 1.82) is 0 Å². The number of nitrogen functional groups attached to an aromatic ring is 1. The highest BCUT2D eigenvalue weighted by Crippen LogP contribution is 2.35. The number of hydrogen-bond donors (Lipinski definition) is 2. The highest BCUT2D eigenvalue weighted by Gasteiger charge is 2.25. The number of amides is 1. The molecule has 5 heteroatoms. The molecule has 1 aromatic carbocycles. The summed E-state index contributed by atoms with van der Waals surface area (Å²) in [6.07, 6.45) is 0.951. The molecular weight excluding hydrogens is 218 g/mol. The normalized spacial score (nSPS) is 18.4. The van der Waals surface area contributed by atoms with Crippen LogP contribution in [-0.2, 0) is 4.79 Å². The number of nitrogens with two attached hydrogens (primary N) is 2. The Hall–Kier alpha value is -1.91. The number of benzene rings is 1. The summed E-state index contributed by atoms with van der Waals surface area (Å²) >= 11 is 0. The lowest BCUT2D eigenvalue weighted by molar-refractivity contribution is -0.116. The maximum absolute atomic E-state index is 11.1. The third kappa shape index (κ3) is 2.43. The quantitative estimate of drug-likeness (QED) is 0.757. The van der Waals surface area contributed by atoms with Crippen LogP contribution in [0.4, 0.5) is 11.4 Å². The third-order valence-electron chi connectivity index (χ3n) is 2.84. The standard InChI is InChI=1S/C12H17N3O2/c1-2-9-6-15(7-12(14)16)10-4-3-8(13)5-11(10)17-9/h3-5,9H,2,6-7,13H2,1H3,(H2,14,16). The maximum atomic E-state index is 11.1. The average molecular weight is 235 g/mol. The van der Waals surface area contributed by atoms with Crippen LogP contribution < -0.4 is 21.1 Å². The molecule has 1 aliphatic rings. The van der Waals surface area contributed by atoms with Crippen molar-refractivity contribution in [1.82, 2.24) is 0 Å². The topological polar surface area (TPSA) is 81.6 Å². The first-order chi connectivity index (χ1) is 8.10. The minimum absolute atomic E-state index is 0.0728. The van der Waals surface area contributed by atoms with Crippen LogP contribution >= 0.6 is 0 Å². The number of carbonyl (C=O) groups excluding carboxylic acids is 1. The minimum atomic E-state index is -0.343. The molecule has 0 aliphatic carbocycles. The van der Waals surface area contributed by atoms with Gasteiger partial charge in [-0.1, -0.05) is 6.92 Å². The molecule has 1 aliphatic heterocycles. The zero-order valence-electron chi connectivity index (χ0n) is 9.85. The van der Waals surface area contributed by atoms with E-state index >= 15 is 0 Å². The molecule has 1 atom stereocenters. The molecule has 0 aromatic heterocycles. The van der Waals surface area contributed by atoms with E-state index in [2.05, 4.69) is 0 Å². The van der Waals surface area contributed by atoms with E-state index in [1.807, 2.05) is 17.9 Å². The molecular formula is C12H17N3O2. The van der Waals surface area contributed by atoms with Crippen molar-refractivity contribution in [3.05, 3.63) is 18.2 Å². The summed E-state index contributed by atoms with van der Waals surface area (Å²) in [5, 5.41) is 0. The van der Waals surface area contributed by atoms with E-state index in [9.17, 15) is 4.79 Å². The van der Waals surface area contributed by atoms with Gasteiger partial charge in [-0.15, -0.1) is 0 Å². The molecule has 17 heavy (non-hydrogen) atoms. The Bertz CT molecular complexity index is 434. The summed E-state index contributed by atoms with van der Waals surface area (Å²) in [5.41, 5.74) is 12.5. The molecule has 92 valence electrons. The highest BCUT2D eigenvalue weighted by atomic mass is 16.5. The Balaban J connectivity index is 2.32. The van der Waals surface area contributed by atoms with Crippen LogP contribution in [0.15, 0.2) is 18.2 Å². The molecule has 0 spiro atoms. The Morgan fingerprint density at radius 1 is 1.59 bits per heavy atom. The highest BCUT2D eigenvalue weighted by molar-refractivity contribution is 5.81. The number of primary amides is 1. The Kier molecular flexibility index (Phi) is 3.08.